The summed E-state index contributed by atoms with van der Waals surface area (Å²) in [5.74, 6) is -0.250. The van der Waals surface area contributed by atoms with E-state index in [2.05, 4.69) is 10.3 Å². The van der Waals surface area contributed by atoms with Gasteiger partial charge in [-0.05, 0) is 24.0 Å². The van der Waals surface area contributed by atoms with Crippen LogP contribution in [0, 0.1) is 5.41 Å². The van der Waals surface area contributed by atoms with Crippen LogP contribution in [0.3, 0.4) is 0 Å². The maximum atomic E-state index is 12.0. The van der Waals surface area contributed by atoms with Crippen LogP contribution in [-0.4, -0.2) is 28.6 Å². The zero-order chi connectivity index (χ0) is 13.8. The predicted molar refractivity (Wildman–Crippen MR) is 71.7 cm³/mol. The number of amides is 1. The molecule has 1 amide bonds. The summed E-state index contributed by atoms with van der Waals surface area (Å²) >= 11 is 5.72. The van der Waals surface area contributed by atoms with Crippen LogP contribution in [0.2, 0.25) is 5.02 Å². The molecule has 0 aliphatic heterocycles. The van der Waals surface area contributed by atoms with E-state index >= 15 is 0 Å². The van der Waals surface area contributed by atoms with Crippen LogP contribution in [-0.2, 0) is 0 Å². The number of carbonyl (C=O) groups is 1. The normalized spacial score (nSPS) is 13.2. The summed E-state index contributed by atoms with van der Waals surface area (Å²) in [6.07, 6.45) is 1.96. The number of halogens is 1. The van der Waals surface area contributed by atoms with Gasteiger partial charge in [-0.1, -0.05) is 32.4 Å². The van der Waals surface area contributed by atoms with Crippen molar-refractivity contribution < 1.29 is 9.90 Å². The Kier molecular flexibility index (Phi) is 5.11. The number of pyridine rings is 1. The Morgan fingerprint density at radius 3 is 2.61 bits per heavy atom. The third-order valence-corrected chi connectivity index (χ3v) is 2.95. The van der Waals surface area contributed by atoms with Gasteiger partial charge in [0.2, 0.25) is 0 Å². The fourth-order valence-corrected chi connectivity index (χ4v) is 1.70. The predicted octanol–water partition coefficient (Wildman–Crippen LogP) is 2.26. The van der Waals surface area contributed by atoms with Crippen molar-refractivity contribution in [1.29, 1.82) is 0 Å². The van der Waals surface area contributed by atoms with Crippen molar-refractivity contribution in [2.24, 2.45) is 5.41 Å². The van der Waals surface area contributed by atoms with Crippen molar-refractivity contribution in [1.82, 2.24) is 10.3 Å². The van der Waals surface area contributed by atoms with E-state index in [1.54, 1.807) is 12.1 Å². The summed E-state index contributed by atoms with van der Waals surface area (Å²) in [7, 11) is 0. The van der Waals surface area contributed by atoms with E-state index in [1.807, 2.05) is 20.8 Å². The molecule has 1 rings (SSSR count). The Hall–Kier alpha value is -1.13. The molecule has 0 aromatic carbocycles. The van der Waals surface area contributed by atoms with Gasteiger partial charge in [-0.25, -0.2) is 4.98 Å². The monoisotopic (exact) mass is 270 g/mol. The minimum absolute atomic E-state index is 0.0380. The zero-order valence-corrected chi connectivity index (χ0v) is 11.7. The minimum Gasteiger partial charge on any atom is -0.396 e. The van der Waals surface area contributed by atoms with Crippen molar-refractivity contribution in [3.8, 4) is 0 Å². The number of rotatable bonds is 4. The molecule has 1 aromatic heterocycles. The third kappa shape index (κ3) is 4.27. The first-order valence-corrected chi connectivity index (χ1v) is 6.25. The van der Waals surface area contributed by atoms with Gasteiger partial charge >= 0.3 is 0 Å². The van der Waals surface area contributed by atoms with E-state index in [-0.39, 0.29) is 24.0 Å². The average Bonchev–Trinajstić information content (AvgIpc) is 2.28. The highest BCUT2D eigenvalue weighted by atomic mass is 35.5. The number of nitrogens with one attached hydrogen (secondary N) is 1. The lowest BCUT2D eigenvalue weighted by Gasteiger charge is -2.31. The Morgan fingerprint density at radius 2 is 2.17 bits per heavy atom. The van der Waals surface area contributed by atoms with Crippen molar-refractivity contribution >= 4 is 17.5 Å². The van der Waals surface area contributed by atoms with Gasteiger partial charge in [-0.2, -0.15) is 0 Å². The first-order valence-electron chi connectivity index (χ1n) is 5.88. The van der Waals surface area contributed by atoms with E-state index in [4.69, 9.17) is 16.7 Å². The van der Waals surface area contributed by atoms with Crippen LogP contribution in [0.5, 0.6) is 0 Å². The molecular weight excluding hydrogens is 252 g/mol. The number of aromatic nitrogens is 1. The summed E-state index contributed by atoms with van der Waals surface area (Å²) in [5, 5.41) is 12.4. The number of nitrogens with zero attached hydrogens (tertiary/aromatic N) is 1. The molecule has 0 aliphatic carbocycles. The molecule has 0 saturated heterocycles. The lowest BCUT2D eigenvalue weighted by molar-refractivity contribution is 0.0880. The van der Waals surface area contributed by atoms with Gasteiger partial charge in [-0.15, -0.1) is 0 Å². The summed E-state index contributed by atoms with van der Waals surface area (Å²) in [6.45, 7) is 6.09. The Morgan fingerprint density at radius 1 is 1.50 bits per heavy atom. The standard InChI is InChI=1S/C13H19ClN2O2/c1-13(2,3)11(6-7-17)16-12(18)10-5-4-9(14)8-15-10/h4-5,8,11,17H,6-7H2,1-3H3,(H,16,18). The van der Waals surface area contributed by atoms with Crippen LogP contribution < -0.4 is 5.32 Å². The molecule has 2 N–H and O–H groups in total. The summed E-state index contributed by atoms with van der Waals surface area (Å²) in [5.41, 5.74) is 0.205. The van der Waals surface area contributed by atoms with Gasteiger partial charge in [0, 0.05) is 18.8 Å². The molecule has 0 fully saturated rings. The van der Waals surface area contributed by atoms with E-state index in [0.717, 1.165) is 0 Å². The van der Waals surface area contributed by atoms with E-state index < -0.39 is 0 Å². The number of aliphatic hydroxyl groups is 1. The maximum Gasteiger partial charge on any atom is 0.270 e. The van der Waals surface area contributed by atoms with Crippen LogP contribution in [0.1, 0.15) is 37.7 Å². The third-order valence-electron chi connectivity index (χ3n) is 2.73. The lowest BCUT2D eigenvalue weighted by atomic mass is 9.85. The maximum absolute atomic E-state index is 12.0. The SMILES string of the molecule is CC(C)(C)C(CCO)NC(=O)c1ccc(Cl)cn1. The molecule has 1 aromatic rings. The topological polar surface area (TPSA) is 62.2 Å². The van der Waals surface area contributed by atoms with Crippen LogP contribution in [0.4, 0.5) is 0 Å². The zero-order valence-electron chi connectivity index (χ0n) is 10.9. The van der Waals surface area contributed by atoms with Gasteiger partial charge in [-0.3, -0.25) is 4.79 Å². The second-order valence-corrected chi connectivity index (χ2v) is 5.70. The van der Waals surface area contributed by atoms with Crippen molar-refractivity contribution in [2.75, 3.05) is 6.61 Å². The molecule has 0 spiro atoms. The summed E-state index contributed by atoms with van der Waals surface area (Å²) in [6, 6.07) is 3.10. The second-order valence-electron chi connectivity index (χ2n) is 5.27. The van der Waals surface area contributed by atoms with Gasteiger partial charge < -0.3 is 10.4 Å². The second kappa shape index (κ2) is 6.16. The lowest BCUT2D eigenvalue weighted by Crippen LogP contribution is -2.44. The molecule has 4 nitrogen and oxygen atoms in total. The van der Waals surface area contributed by atoms with Crippen LogP contribution in [0.15, 0.2) is 18.3 Å². The fourth-order valence-electron chi connectivity index (χ4n) is 1.59. The highest BCUT2D eigenvalue weighted by Crippen LogP contribution is 2.22. The molecule has 5 heteroatoms. The van der Waals surface area contributed by atoms with Gasteiger partial charge in [0.05, 0.1) is 5.02 Å². The molecule has 0 radical (unpaired) electrons. The quantitative estimate of drug-likeness (QED) is 0.882. The number of hydrogen-bond donors (Lipinski definition) is 2. The van der Waals surface area contributed by atoms with Gasteiger partial charge in [0.15, 0.2) is 0 Å². The molecule has 1 unspecified atom stereocenters. The van der Waals surface area contributed by atoms with Gasteiger partial charge in [0.1, 0.15) is 5.69 Å². The number of hydrogen-bond acceptors (Lipinski definition) is 3. The summed E-state index contributed by atoms with van der Waals surface area (Å²) < 4.78 is 0. The fraction of sp³-hybridized carbons (Fsp3) is 0.538. The highest BCUT2D eigenvalue weighted by Gasteiger charge is 2.26. The summed E-state index contributed by atoms with van der Waals surface area (Å²) in [4.78, 5) is 16.0. The highest BCUT2D eigenvalue weighted by molar-refractivity contribution is 6.30. The van der Waals surface area contributed by atoms with Crippen LogP contribution in [0.25, 0.3) is 0 Å². The molecular formula is C13H19ClN2O2. The molecule has 1 atom stereocenters. The van der Waals surface area contributed by atoms with E-state index in [1.165, 1.54) is 6.20 Å². The van der Waals surface area contributed by atoms with Gasteiger partial charge in [0.25, 0.3) is 5.91 Å². The minimum atomic E-state index is -0.250. The molecule has 18 heavy (non-hydrogen) atoms. The number of aliphatic hydroxyl groups excluding tert-OH is 1. The number of carbonyl (C=O) groups excluding carboxylic acids is 1. The smallest absolute Gasteiger partial charge is 0.270 e. The molecule has 0 aliphatic rings. The molecule has 100 valence electrons. The molecule has 0 saturated carbocycles. The Labute approximate surface area is 112 Å². The van der Waals surface area contributed by atoms with E-state index in [9.17, 15) is 4.79 Å². The first-order chi connectivity index (χ1) is 8.34. The Bertz CT molecular complexity index is 398. The molecule has 1 heterocycles. The van der Waals surface area contributed by atoms with Crippen LogP contribution >= 0.6 is 11.6 Å². The Balaban J connectivity index is 2.75. The first kappa shape index (κ1) is 14.9. The largest absolute Gasteiger partial charge is 0.396 e. The van der Waals surface area contributed by atoms with E-state index in [0.29, 0.717) is 17.1 Å². The molecule has 0 bridgehead atoms. The van der Waals surface area contributed by atoms with Crippen molar-refractivity contribution in [3.05, 3.63) is 29.0 Å². The van der Waals surface area contributed by atoms with Crippen molar-refractivity contribution in [2.45, 2.75) is 33.2 Å². The average molecular weight is 271 g/mol. The van der Waals surface area contributed by atoms with Crippen molar-refractivity contribution in [3.63, 3.8) is 0 Å².